The molecule has 0 saturated heterocycles. The summed E-state index contributed by atoms with van der Waals surface area (Å²) >= 11 is 0. The molecular weight excluding hydrogens is 322 g/mol. The van der Waals surface area contributed by atoms with Crippen LogP contribution in [0.3, 0.4) is 0 Å². The molecule has 4 heteroatoms. The van der Waals surface area contributed by atoms with Gasteiger partial charge in [0.1, 0.15) is 0 Å². The maximum absolute atomic E-state index is 11.7. The first-order valence-corrected chi connectivity index (χ1v) is 8.29. The van der Waals surface area contributed by atoms with Gasteiger partial charge in [-0.15, -0.1) is 0 Å². The molecule has 128 valence electrons. The number of para-hydroxylation sites is 2. The highest BCUT2D eigenvalue weighted by atomic mass is 16.1. The van der Waals surface area contributed by atoms with E-state index in [-0.39, 0.29) is 5.91 Å². The van der Waals surface area contributed by atoms with Crippen molar-refractivity contribution < 1.29 is 4.79 Å². The van der Waals surface area contributed by atoms with Gasteiger partial charge in [0.2, 0.25) is 0 Å². The summed E-state index contributed by atoms with van der Waals surface area (Å²) in [6.45, 7) is 0. The predicted molar refractivity (Wildman–Crippen MR) is 104 cm³/mol. The molecule has 3 aromatic carbocycles. The Morgan fingerprint density at radius 3 is 1.88 bits per heavy atom. The van der Waals surface area contributed by atoms with Crippen molar-refractivity contribution >= 4 is 11.6 Å². The molecule has 1 amide bonds. The fraction of sp³-hybridized carbons (Fsp3) is 0. The summed E-state index contributed by atoms with van der Waals surface area (Å²) in [7, 11) is 0. The van der Waals surface area contributed by atoms with Crippen LogP contribution in [-0.2, 0) is 0 Å². The van der Waals surface area contributed by atoms with Gasteiger partial charge in [-0.2, -0.15) is 5.10 Å². The Labute approximate surface area is 152 Å². The number of hydrogen-bond acceptors (Lipinski definition) is 2. The fourth-order valence-electron chi connectivity index (χ4n) is 2.32. The second-order valence-electron chi connectivity index (χ2n) is 5.47. The quantitative estimate of drug-likeness (QED) is 0.581. The van der Waals surface area contributed by atoms with E-state index in [0.29, 0.717) is 5.56 Å². The molecule has 4 rings (SSSR count). The van der Waals surface area contributed by atoms with E-state index in [1.807, 2.05) is 95.8 Å². The largest absolute Gasteiger partial charge is 0.322 e. The van der Waals surface area contributed by atoms with Crippen LogP contribution in [0.15, 0.2) is 109 Å². The van der Waals surface area contributed by atoms with Gasteiger partial charge in [0, 0.05) is 23.6 Å². The van der Waals surface area contributed by atoms with Crippen LogP contribution in [0.5, 0.6) is 0 Å². The van der Waals surface area contributed by atoms with Crippen molar-refractivity contribution in [1.82, 2.24) is 9.78 Å². The third-order valence-electron chi connectivity index (χ3n) is 3.59. The van der Waals surface area contributed by atoms with Gasteiger partial charge in [0.15, 0.2) is 0 Å². The van der Waals surface area contributed by atoms with Gasteiger partial charge in [-0.1, -0.05) is 54.6 Å². The Bertz CT molecular complexity index is 906. The van der Waals surface area contributed by atoms with Crippen molar-refractivity contribution in [3.8, 4) is 5.69 Å². The fourth-order valence-corrected chi connectivity index (χ4v) is 2.32. The molecule has 26 heavy (non-hydrogen) atoms. The standard InChI is InChI=1S/C13H11NO.C9H8N2/c15-13(11-7-3-1-4-8-11)14-12-9-5-2-6-10-12;1-2-5-9(6-3-1)11-8-4-7-10-11/h1-10H,(H,14,15);1-8H. The average Bonchev–Trinajstić information content (AvgIpc) is 3.26. The smallest absolute Gasteiger partial charge is 0.255 e. The molecule has 0 fully saturated rings. The highest BCUT2D eigenvalue weighted by Gasteiger charge is 2.03. The number of anilines is 1. The molecule has 1 heterocycles. The zero-order chi connectivity index (χ0) is 18.0. The SMILES string of the molecule is O=C(Nc1ccccc1)c1ccccc1.c1ccc(-n2cccn2)cc1. The first-order chi connectivity index (χ1) is 12.8. The van der Waals surface area contributed by atoms with E-state index in [2.05, 4.69) is 10.4 Å². The van der Waals surface area contributed by atoms with Crippen LogP contribution >= 0.6 is 0 Å². The Kier molecular flexibility index (Phi) is 5.94. The molecule has 0 radical (unpaired) electrons. The highest BCUT2D eigenvalue weighted by Crippen LogP contribution is 2.08. The van der Waals surface area contributed by atoms with Gasteiger partial charge in [-0.25, -0.2) is 4.68 Å². The van der Waals surface area contributed by atoms with Crippen LogP contribution < -0.4 is 5.32 Å². The average molecular weight is 341 g/mol. The summed E-state index contributed by atoms with van der Waals surface area (Å²) < 4.78 is 1.83. The maximum Gasteiger partial charge on any atom is 0.255 e. The van der Waals surface area contributed by atoms with Gasteiger partial charge >= 0.3 is 0 Å². The van der Waals surface area contributed by atoms with Crippen LogP contribution in [0.1, 0.15) is 10.4 Å². The minimum atomic E-state index is -0.0817. The summed E-state index contributed by atoms with van der Waals surface area (Å²) in [5.74, 6) is -0.0817. The summed E-state index contributed by atoms with van der Waals surface area (Å²) in [5.41, 5.74) is 2.57. The van der Waals surface area contributed by atoms with Gasteiger partial charge in [0.05, 0.1) is 5.69 Å². The van der Waals surface area contributed by atoms with Gasteiger partial charge in [-0.05, 0) is 42.5 Å². The van der Waals surface area contributed by atoms with Crippen LogP contribution in [0, 0.1) is 0 Å². The Balaban J connectivity index is 0.000000158. The van der Waals surface area contributed by atoms with Gasteiger partial charge in [0.25, 0.3) is 5.91 Å². The summed E-state index contributed by atoms with van der Waals surface area (Å²) in [6.07, 6.45) is 3.70. The number of carbonyl (C=O) groups excluding carboxylic acids is 1. The zero-order valence-corrected chi connectivity index (χ0v) is 14.2. The molecule has 0 unspecified atom stereocenters. The molecule has 0 bridgehead atoms. The van der Waals surface area contributed by atoms with E-state index < -0.39 is 0 Å². The maximum atomic E-state index is 11.7. The molecule has 4 nitrogen and oxygen atoms in total. The summed E-state index contributed by atoms with van der Waals surface area (Å²) in [5, 5.41) is 6.92. The molecule has 0 saturated carbocycles. The summed E-state index contributed by atoms with van der Waals surface area (Å²) in [4.78, 5) is 11.7. The van der Waals surface area contributed by atoms with Crippen molar-refractivity contribution in [3.05, 3.63) is 115 Å². The molecule has 0 aliphatic carbocycles. The number of nitrogens with one attached hydrogen (secondary N) is 1. The molecule has 4 aromatic rings. The van der Waals surface area contributed by atoms with Crippen molar-refractivity contribution in [1.29, 1.82) is 0 Å². The lowest BCUT2D eigenvalue weighted by Gasteiger charge is -2.03. The normalized spacial score (nSPS) is 9.69. The lowest BCUT2D eigenvalue weighted by atomic mass is 10.2. The first kappa shape index (κ1) is 17.2. The Hall–Kier alpha value is -3.66. The number of benzene rings is 3. The minimum Gasteiger partial charge on any atom is -0.322 e. The lowest BCUT2D eigenvalue weighted by molar-refractivity contribution is 0.102. The van der Waals surface area contributed by atoms with Gasteiger partial charge < -0.3 is 5.32 Å². The van der Waals surface area contributed by atoms with E-state index in [0.717, 1.165) is 11.4 Å². The number of amides is 1. The number of rotatable bonds is 3. The third kappa shape index (κ3) is 4.92. The molecule has 1 aromatic heterocycles. The second kappa shape index (κ2) is 8.99. The van der Waals surface area contributed by atoms with E-state index in [4.69, 9.17) is 0 Å². The van der Waals surface area contributed by atoms with Crippen molar-refractivity contribution in [3.63, 3.8) is 0 Å². The van der Waals surface area contributed by atoms with Crippen LogP contribution in [0.25, 0.3) is 5.69 Å². The lowest BCUT2D eigenvalue weighted by Crippen LogP contribution is -2.11. The monoisotopic (exact) mass is 341 g/mol. The second-order valence-corrected chi connectivity index (χ2v) is 5.47. The Morgan fingerprint density at radius 2 is 1.31 bits per heavy atom. The van der Waals surface area contributed by atoms with E-state index in [9.17, 15) is 4.79 Å². The highest BCUT2D eigenvalue weighted by molar-refractivity contribution is 6.04. The topological polar surface area (TPSA) is 46.9 Å². The third-order valence-corrected chi connectivity index (χ3v) is 3.59. The predicted octanol–water partition coefficient (Wildman–Crippen LogP) is 4.81. The summed E-state index contributed by atoms with van der Waals surface area (Å²) in [6, 6.07) is 30.5. The Morgan fingerprint density at radius 1 is 0.731 bits per heavy atom. The number of nitrogens with zero attached hydrogens (tertiary/aromatic N) is 2. The number of aromatic nitrogens is 2. The van der Waals surface area contributed by atoms with E-state index >= 15 is 0 Å². The molecule has 0 aliphatic rings. The molecular formula is C22H19N3O. The minimum absolute atomic E-state index is 0.0817. The molecule has 0 aliphatic heterocycles. The van der Waals surface area contributed by atoms with Crippen molar-refractivity contribution in [2.45, 2.75) is 0 Å². The number of carbonyl (C=O) groups is 1. The number of hydrogen-bond donors (Lipinski definition) is 1. The van der Waals surface area contributed by atoms with Crippen molar-refractivity contribution in [2.24, 2.45) is 0 Å². The molecule has 0 atom stereocenters. The molecule has 0 spiro atoms. The van der Waals surface area contributed by atoms with E-state index in [1.54, 1.807) is 18.3 Å². The van der Waals surface area contributed by atoms with E-state index in [1.165, 1.54) is 0 Å². The zero-order valence-electron chi connectivity index (χ0n) is 14.2. The van der Waals surface area contributed by atoms with Crippen molar-refractivity contribution in [2.75, 3.05) is 5.32 Å². The van der Waals surface area contributed by atoms with Crippen LogP contribution in [-0.4, -0.2) is 15.7 Å². The first-order valence-electron chi connectivity index (χ1n) is 8.29. The molecule has 1 N–H and O–H groups in total. The van der Waals surface area contributed by atoms with Gasteiger partial charge in [-0.3, -0.25) is 4.79 Å². The van der Waals surface area contributed by atoms with Crippen LogP contribution in [0.4, 0.5) is 5.69 Å². The van der Waals surface area contributed by atoms with Crippen LogP contribution in [0.2, 0.25) is 0 Å².